The number of methoxy groups -OCH3 is 2. The van der Waals surface area contributed by atoms with Gasteiger partial charge in [-0.1, -0.05) is 63.0 Å². The summed E-state index contributed by atoms with van der Waals surface area (Å²) in [5, 5.41) is 0.139. The highest BCUT2D eigenvalue weighted by Crippen LogP contribution is 2.67. The minimum atomic E-state index is -0.651. The number of ether oxygens (including phenoxy) is 4. The van der Waals surface area contributed by atoms with Crippen molar-refractivity contribution in [3.05, 3.63) is 56.6 Å². The normalized spacial score (nSPS) is 31.6. The van der Waals surface area contributed by atoms with Crippen LogP contribution in [0.2, 0.25) is 10.0 Å². The van der Waals surface area contributed by atoms with Gasteiger partial charge in [0.05, 0.1) is 53.0 Å². The van der Waals surface area contributed by atoms with Crippen LogP contribution >= 0.6 is 34.8 Å². The number of hydrogen-bond acceptors (Lipinski definition) is 10. The first-order valence-electron chi connectivity index (χ1n) is 22.1. The molecule has 0 N–H and O–H groups in total. The average Bonchev–Trinajstić information content (AvgIpc) is 3.70. The van der Waals surface area contributed by atoms with Crippen LogP contribution in [-0.2, 0) is 40.8 Å². The van der Waals surface area contributed by atoms with E-state index in [0.717, 1.165) is 24.0 Å². The fraction of sp³-hybridized carbons (Fsp3) is 0.702. The number of alkyl halides is 1. The highest BCUT2D eigenvalue weighted by molar-refractivity contribution is 6.60. The van der Waals surface area contributed by atoms with E-state index in [9.17, 15) is 9.59 Å². The molecular weight excluding hydrogens is 852 g/mol. The third-order valence-corrected chi connectivity index (χ3v) is 16.0. The topological polar surface area (TPSA) is 108 Å². The van der Waals surface area contributed by atoms with E-state index in [0.29, 0.717) is 58.3 Å². The molecule has 2 aromatic rings. The molecule has 4 bridgehead atoms. The van der Waals surface area contributed by atoms with Gasteiger partial charge in [-0.3, -0.25) is 0 Å². The number of carbonyl (C=O) groups is 2. The SMILES string of the molecule is COc1c(CB2O[C@@H]3C[C@@H]4C[C@@H](C4(C)C)[C@]3(C)O2)ccc(Cl)c1C(=O)OC(C)(C)C.COc1c(C[C@@H](Cl)B2O[C@@H]3C[C@@H]4C[C@@H](C4(C)C)[C@]3(C)O2)ccc(Cl)c1C(=O)OC(C)(C)C. The molecule has 8 fully saturated rings. The van der Waals surface area contributed by atoms with Gasteiger partial charge >= 0.3 is 26.2 Å². The Labute approximate surface area is 384 Å². The standard InChI is InChI=1S/C24H33BCl2O5.C23H32BClO5/c1-22(2,3)30-21(28)19-15(26)9-8-13(20(19)29-7)10-18(27)25-31-17-12-14-11-16(23(14,4)5)24(17,6)32-25;1-21(2,3)28-20(26)18-15(25)9-8-13(19(18)27-7)12-24-29-17-11-14-10-16(22(14,4)5)23(17,6)30-24/h8-9,14,16-18H,10-12H2,1-7H3;8-9,14,16-17H,10-12H2,1-7H3/t14-,16-,17+,18+,24-;14-,16-,17+,23-/m00/s1. The van der Waals surface area contributed by atoms with Crippen LogP contribution < -0.4 is 9.47 Å². The fourth-order valence-corrected chi connectivity index (χ4v) is 12.3. The van der Waals surface area contributed by atoms with E-state index in [2.05, 4.69) is 41.5 Å². The van der Waals surface area contributed by atoms with Gasteiger partial charge in [-0.05, 0) is 145 Å². The fourth-order valence-electron chi connectivity index (χ4n) is 11.6. The summed E-state index contributed by atoms with van der Waals surface area (Å²) in [6.45, 7) is 24.6. The molecule has 0 aromatic heterocycles. The van der Waals surface area contributed by atoms with E-state index in [1.807, 2.05) is 53.7 Å². The minimum absolute atomic E-state index is 0.0648. The molecular formula is C47H65B2Cl3O10. The zero-order valence-electron chi connectivity index (χ0n) is 39.0. The van der Waals surface area contributed by atoms with Gasteiger partial charge in [0.2, 0.25) is 0 Å². The van der Waals surface area contributed by atoms with Gasteiger partial charge in [0.25, 0.3) is 0 Å². The first-order chi connectivity index (χ1) is 28.6. The van der Waals surface area contributed by atoms with Crippen LogP contribution in [0.3, 0.4) is 0 Å². The van der Waals surface area contributed by atoms with Gasteiger partial charge in [-0.2, -0.15) is 0 Å². The molecule has 0 radical (unpaired) electrons. The molecule has 2 aliphatic heterocycles. The van der Waals surface area contributed by atoms with E-state index in [-0.39, 0.29) is 52.1 Å². The first-order valence-corrected chi connectivity index (χ1v) is 23.3. The van der Waals surface area contributed by atoms with Crippen LogP contribution in [0.5, 0.6) is 11.5 Å². The predicted octanol–water partition coefficient (Wildman–Crippen LogP) is 10.8. The Morgan fingerprint density at radius 1 is 0.694 bits per heavy atom. The second-order valence-electron chi connectivity index (χ2n) is 21.9. The third-order valence-electron chi connectivity index (χ3n) is 15.1. The molecule has 8 aliphatic rings. The molecule has 0 amide bonds. The van der Waals surface area contributed by atoms with Crippen LogP contribution in [0.1, 0.15) is 141 Å². The van der Waals surface area contributed by atoms with Crippen molar-refractivity contribution < 1.29 is 47.2 Å². The number of hydrogen-bond donors (Lipinski definition) is 0. The molecule has 340 valence electrons. The second-order valence-corrected chi connectivity index (χ2v) is 23.3. The van der Waals surface area contributed by atoms with Crippen LogP contribution in [0.25, 0.3) is 0 Å². The minimum Gasteiger partial charge on any atom is -0.496 e. The molecule has 2 aromatic carbocycles. The summed E-state index contributed by atoms with van der Waals surface area (Å²) in [5.74, 6) is 2.13. The summed E-state index contributed by atoms with van der Waals surface area (Å²) in [4.78, 5) is 25.6. The van der Waals surface area contributed by atoms with Gasteiger partial charge in [-0.15, -0.1) is 11.6 Å². The Morgan fingerprint density at radius 2 is 1.13 bits per heavy atom. The molecule has 0 unspecified atom stereocenters. The molecule has 10 rings (SSSR count). The molecule has 10 nitrogen and oxygen atoms in total. The molecule has 6 saturated carbocycles. The second kappa shape index (κ2) is 16.6. The van der Waals surface area contributed by atoms with Crippen LogP contribution in [0.4, 0.5) is 0 Å². The summed E-state index contributed by atoms with van der Waals surface area (Å²) < 4.78 is 48.0. The zero-order valence-corrected chi connectivity index (χ0v) is 41.2. The first kappa shape index (κ1) is 47.8. The van der Waals surface area contributed by atoms with Gasteiger partial charge in [0.15, 0.2) is 0 Å². The quantitative estimate of drug-likeness (QED) is 0.137. The smallest absolute Gasteiger partial charge is 0.477 e. The van der Waals surface area contributed by atoms with Crippen molar-refractivity contribution in [1.29, 1.82) is 0 Å². The van der Waals surface area contributed by atoms with E-state index < -0.39 is 35.5 Å². The van der Waals surface area contributed by atoms with Gasteiger partial charge in [0, 0.05) is 6.32 Å². The molecule has 0 spiro atoms. The average molecular weight is 918 g/mol. The van der Waals surface area contributed by atoms with Gasteiger partial charge < -0.3 is 37.6 Å². The largest absolute Gasteiger partial charge is 0.496 e. The Kier molecular flexibility index (Phi) is 12.8. The summed E-state index contributed by atoms with van der Waals surface area (Å²) in [5.41, 5.74) is 0.741. The summed E-state index contributed by atoms with van der Waals surface area (Å²) in [6.07, 6.45) is 5.52. The lowest BCUT2D eigenvalue weighted by atomic mass is 9.43. The molecule has 2 saturated heterocycles. The highest BCUT2D eigenvalue weighted by atomic mass is 35.5. The lowest BCUT2D eigenvalue weighted by Crippen LogP contribution is -2.65. The number of esters is 2. The maximum absolute atomic E-state index is 12.8. The van der Waals surface area contributed by atoms with Gasteiger partial charge in [0.1, 0.15) is 33.8 Å². The van der Waals surface area contributed by atoms with Crippen molar-refractivity contribution in [2.24, 2.45) is 34.5 Å². The highest BCUT2D eigenvalue weighted by Gasteiger charge is 2.69. The maximum atomic E-state index is 12.8. The van der Waals surface area contributed by atoms with Crippen molar-refractivity contribution in [1.82, 2.24) is 0 Å². The van der Waals surface area contributed by atoms with Crippen molar-refractivity contribution in [2.75, 3.05) is 14.2 Å². The van der Waals surface area contributed by atoms with Gasteiger partial charge in [-0.25, -0.2) is 9.59 Å². The van der Waals surface area contributed by atoms with Crippen molar-refractivity contribution in [3.63, 3.8) is 0 Å². The van der Waals surface area contributed by atoms with E-state index in [1.54, 1.807) is 12.1 Å². The predicted molar refractivity (Wildman–Crippen MR) is 244 cm³/mol. The molecule has 62 heavy (non-hydrogen) atoms. The van der Waals surface area contributed by atoms with E-state index in [1.165, 1.54) is 27.1 Å². The maximum Gasteiger partial charge on any atom is 0.477 e. The third kappa shape index (κ3) is 8.54. The van der Waals surface area contributed by atoms with E-state index >= 15 is 0 Å². The zero-order chi connectivity index (χ0) is 45.7. The lowest BCUT2D eigenvalue weighted by molar-refractivity contribution is -0.199. The Bertz CT molecular complexity index is 2070. The monoisotopic (exact) mass is 916 g/mol. The Balaban J connectivity index is 0.000000187. The molecule has 6 aliphatic carbocycles. The Morgan fingerprint density at radius 3 is 1.58 bits per heavy atom. The van der Waals surface area contributed by atoms with Crippen molar-refractivity contribution in [2.45, 2.75) is 161 Å². The number of benzene rings is 2. The molecule has 2 heterocycles. The van der Waals surface area contributed by atoms with E-state index in [4.69, 9.17) is 72.4 Å². The van der Waals surface area contributed by atoms with Crippen LogP contribution in [-0.4, -0.2) is 80.3 Å². The Hall–Kier alpha value is -2.18. The summed E-state index contributed by atoms with van der Waals surface area (Å²) >= 11 is 19.5. The number of rotatable bonds is 9. The number of halogens is 3. The summed E-state index contributed by atoms with van der Waals surface area (Å²) in [6, 6.07) is 7.09. The van der Waals surface area contributed by atoms with Crippen LogP contribution in [0, 0.1) is 34.5 Å². The molecule has 15 heteroatoms. The van der Waals surface area contributed by atoms with Crippen LogP contribution in [0.15, 0.2) is 24.3 Å². The van der Waals surface area contributed by atoms with Crippen molar-refractivity contribution >= 4 is 61.0 Å². The summed E-state index contributed by atoms with van der Waals surface area (Å²) in [7, 11) is 2.15. The lowest BCUT2D eigenvalue weighted by Gasteiger charge is -2.64. The molecule has 9 atom stereocenters. The van der Waals surface area contributed by atoms with Crippen molar-refractivity contribution in [3.8, 4) is 11.5 Å². The number of carbonyl (C=O) groups excluding carboxylic acids is 2.